The fraction of sp³-hybridized carbons (Fsp3) is 0.611. The van der Waals surface area contributed by atoms with E-state index in [0.717, 1.165) is 96.4 Å². The van der Waals surface area contributed by atoms with Crippen molar-refractivity contribution in [1.29, 1.82) is 0 Å². The monoisotopic (exact) mass is 589 g/mol. The van der Waals surface area contributed by atoms with E-state index in [4.69, 9.17) is 0 Å². The number of aryl methyl sites for hydroxylation is 1. The number of likely N-dealkylation sites (tertiary alicyclic amines) is 2. The van der Waals surface area contributed by atoms with Gasteiger partial charge >= 0.3 is 11.9 Å². The molecule has 0 radical (unpaired) electrons. The molecule has 0 amide bonds. The minimum absolute atomic E-state index is 0.214. The SMILES string of the molecule is CCC1CCN(CCCCc2c(C(=O)O)cc3c([nH]c4ccc(C(=O)O)cc43)c2CCCCN2CCC(CC)CC2)CC1. The van der Waals surface area contributed by atoms with E-state index in [2.05, 4.69) is 28.6 Å². The third kappa shape index (κ3) is 7.61. The molecule has 3 heterocycles. The predicted molar refractivity (Wildman–Crippen MR) is 175 cm³/mol. The molecule has 5 rings (SSSR count). The maximum absolute atomic E-state index is 12.7. The maximum atomic E-state index is 12.7. The average Bonchev–Trinajstić information content (AvgIpc) is 3.39. The zero-order valence-electron chi connectivity index (χ0n) is 26.3. The number of carboxylic acids is 2. The molecule has 3 N–H and O–H groups in total. The van der Waals surface area contributed by atoms with Crippen LogP contribution in [0.1, 0.15) is 110 Å². The van der Waals surface area contributed by atoms with Gasteiger partial charge in [0.1, 0.15) is 0 Å². The number of aromatic carboxylic acids is 2. The molecule has 43 heavy (non-hydrogen) atoms. The molecule has 2 aromatic carbocycles. The van der Waals surface area contributed by atoms with E-state index in [-0.39, 0.29) is 5.56 Å². The summed E-state index contributed by atoms with van der Waals surface area (Å²) >= 11 is 0. The highest BCUT2D eigenvalue weighted by Crippen LogP contribution is 2.35. The lowest BCUT2D eigenvalue weighted by atomic mass is 9.90. The van der Waals surface area contributed by atoms with E-state index >= 15 is 0 Å². The van der Waals surface area contributed by atoms with Crippen molar-refractivity contribution in [2.24, 2.45) is 11.8 Å². The lowest BCUT2D eigenvalue weighted by molar-refractivity contribution is 0.0685. The van der Waals surface area contributed by atoms with E-state index < -0.39 is 11.9 Å². The van der Waals surface area contributed by atoms with Gasteiger partial charge in [-0.05, 0) is 151 Å². The molecule has 0 bridgehead atoms. The van der Waals surface area contributed by atoms with Crippen LogP contribution in [0.4, 0.5) is 0 Å². The van der Waals surface area contributed by atoms with Gasteiger partial charge in [-0.2, -0.15) is 0 Å². The first-order valence-corrected chi connectivity index (χ1v) is 16.9. The summed E-state index contributed by atoms with van der Waals surface area (Å²) < 4.78 is 0. The minimum atomic E-state index is -0.978. The van der Waals surface area contributed by atoms with Gasteiger partial charge in [0, 0.05) is 16.3 Å². The van der Waals surface area contributed by atoms with Gasteiger partial charge in [-0.15, -0.1) is 0 Å². The van der Waals surface area contributed by atoms with Crippen LogP contribution in [-0.4, -0.2) is 76.2 Å². The molecule has 2 saturated heterocycles. The standard InChI is InChI=1S/C36H51N3O4/c1-3-25-13-19-38(20-14-25)17-7-5-9-28-29(10-6-8-18-39-21-15-26(4-2)16-22-39)34-31(24-32(28)36(42)43)30-23-27(35(40)41)11-12-33(30)37-34/h11-12,23-26,37H,3-10,13-22H2,1-2H3,(H,40,41)(H,42,43). The third-order valence-corrected chi connectivity index (χ3v) is 10.5. The Kier molecular flexibility index (Phi) is 10.8. The van der Waals surface area contributed by atoms with Crippen LogP contribution in [0.3, 0.4) is 0 Å². The number of aromatic amines is 1. The number of aromatic nitrogens is 1. The number of piperidine rings is 2. The maximum Gasteiger partial charge on any atom is 0.335 e. The quantitative estimate of drug-likeness (QED) is 0.168. The summed E-state index contributed by atoms with van der Waals surface area (Å²) in [4.78, 5) is 33.1. The van der Waals surface area contributed by atoms with Crippen molar-refractivity contribution in [2.45, 2.75) is 90.9 Å². The van der Waals surface area contributed by atoms with Crippen molar-refractivity contribution >= 4 is 33.7 Å². The zero-order valence-corrected chi connectivity index (χ0v) is 26.3. The molecule has 7 nitrogen and oxygen atoms in total. The molecule has 1 aromatic heterocycles. The summed E-state index contributed by atoms with van der Waals surface area (Å²) in [6, 6.07) is 6.88. The number of H-pyrrole nitrogens is 1. The fourth-order valence-corrected chi connectivity index (χ4v) is 7.54. The Morgan fingerprint density at radius 3 is 1.81 bits per heavy atom. The highest BCUT2D eigenvalue weighted by molar-refractivity contribution is 6.12. The predicted octanol–water partition coefficient (Wildman–Crippen LogP) is 7.61. The Morgan fingerprint density at radius 2 is 1.30 bits per heavy atom. The molecule has 2 fully saturated rings. The Bertz CT molecular complexity index is 1400. The van der Waals surface area contributed by atoms with Crippen molar-refractivity contribution < 1.29 is 19.8 Å². The van der Waals surface area contributed by atoms with Crippen LogP contribution in [0.15, 0.2) is 24.3 Å². The first-order chi connectivity index (χ1) is 20.9. The summed E-state index contributed by atoms with van der Waals surface area (Å²) in [5, 5.41) is 21.6. The molecular weight excluding hydrogens is 538 g/mol. The second kappa shape index (κ2) is 14.7. The second-order valence-electron chi connectivity index (χ2n) is 13.1. The van der Waals surface area contributed by atoms with Crippen LogP contribution in [-0.2, 0) is 12.8 Å². The van der Waals surface area contributed by atoms with Crippen molar-refractivity contribution in [3.8, 4) is 0 Å². The Hall–Kier alpha value is -2.90. The van der Waals surface area contributed by atoms with Gasteiger partial charge in [0.25, 0.3) is 0 Å². The molecule has 7 heteroatoms. The van der Waals surface area contributed by atoms with Gasteiger partial charge in [0.05, 0.1) is 16.6 Å². The van der Waals surface area contributed by atoms with Crippen LogP contribution in [0.5, 0.6) is 0 Å². The van der Waals surface area contributed by atoms with Crippen LogP contribution in [0.2, 0.25) is 0 Å². The minimum Gasteiger partial charge on any atom is -0.478 e. The largest absolute Gasteiger partial charge is 0.478 e. The number of carboxylic acid groups (broad SMARTS) is 2. The summed E-state index contributed by atoms with van der Waals surface area (Å²) in [5.74, 6) is -0.136. The van der Waals surface area contributed by atoms with Gasteiger partial charge < -0.3 is 25.0 Å². The van der Waals surface area contributed by atoms with Crippen LogP contribution >= 0.6 is 0 Å². The first kappa shape index (κ1) is 31.5. The molecule has 0 saturated carbocycles. The number of fused-ring (bicyclic) bond motifs is 3. The number of nitrogens with zero attached hydrogens (tertiary/aromatic N) is 2. The van der Waals surface area contributed by atoms with Crippen molar-refractivity contribution in [1.82, 2.24) is 14.8 Å². The smallest absolute Gasteiger partial charge is 0.335 e. The molecule has 0 aliphatic carbocycles. The Morgan fingerprint density at radius 1 is 0.744 bits per heavy atom. The molecule has 3 aromatic rings. The molecule has 0 spiro atoms. The number of benzene rings is 2. The lowest BCUT2D eigenvalue weighted by Crippen LogP contribution is -2.34. The number of unbranched alkanes of at least 4 members (excludes halogenated alkanes) is 2. The van der Waals surface area contributed by atoms with Crippen molar-refractivity contribution in [3.63, 3.8) is 0 Å². The van der Waals surface area contributed by atoms with Gasteiger partial charge in [-0.25, -0.2) is 9.59 Å². The number of hydrogen-bond acceptors (Lipinski definition) is 4. The summed E-state index contributed by atoms with van der Waals surface area (Å²) in [5.41, 5.74) is 4.47. The summed E-state index contributed by atoms with van der Waals surface area (Å²) in [7, 11) is 0. The highest BCUT2D eigenvalue weighted by Gasteiger charge is 2.23. The van der Waals surface area contributed by atoms with Crippen LogP contribution in [0.25, 0.3) is 21.8 Å². The van der Waals surface area contributed by atoms with E-state index in [0.29, 0.717) is 5.56 Å². The molecule has 2 aliphatic heterocycles. The Balaban J connectivity index is 1.36. The molecule has 0 unspecified atom stereocenters. The van der Waals surface area contributed by atoms with Crippen molar-refractivity contribution in [2.75, 3.05) is 39.3 Å². The normalized spacial score (nSPS) is 17.7. The summed E-state index contributed by atoms with van der Waals surface area (Å²) in [6.07, 6.45) is 13.4. The fourth-order valence-electron chi connectivity index (χ4n) is 7.54. The topological polar surface area (TPSA) is 96.9 Å². The lowest BCUT2D eigenvalue weighted by Gasteiger charge is -2.31. The molecule has 234 valence electrons. The Labute approximate surface area is 256 Å². The second-order valence-corrected chi connectivity index (χ2v) is 13.1. The average molecular weight is 590 g/mol. The zero-order chi connectivity index (χ0) is 30.3. The van der Waals surface area contributed by atoms with Gasteiger partial charge in [0.2, 0.25) is 0 Å². The first-order valence-electron chi connectivity index (χ1n) is 16.9. The van der Waals surface area contributed by atoms with E-state index in [9.17, 15) is 19.8 Å². The van der Waals surface area contributed by atoms with Gasteiger partial charge in [0.15, 0.2) is 0 Å². The van der Waals surface area contributed by atoms with E-state index in [1.54, 1.807) is 18.2 Å². The number of rotatable bonds is 14. The summed E-state index contributed by atoms with van der Waals surface area (Å²) in [6.45, 7) is 11.5. The highest BCUT2D eigenvalue weighted by atomic mass is 16.4. The third-order valence-electron chi connectivity index (χ3n) is 10.5. The van der Waals surface area contributed by atoms with Crippen LogP contribution in [0, 0.1) is 11.8 Å². The number of hydrogen-bond donors (Lipinski definition) is 3. The van der Waals surface area contributed by atoms with Gasteiger partial charge in [-0.3, -0.25) is 0 Å². The van der Waals surface area contributed by atoms with Crippen molar-refractivity contribution in [3.05, 3.63) is 46.5 Å². The van der Waals surface area contributed by atoms with E-state index in [1.807, 2.05) is 6.07 Å². The molecule has 0 atom stereocenters. The number of nitrogens with one attached hydrogen (secondary N) is 1. The molecular formula is C36H51N3O4. The molecule has 2 aliphatic rings. The number of carbonyl (C=O) groups is 2. The van der Waals surface area contributed by atoms with Crippen LogP contribution < -0.4 is 0 Å². The van der Waals surface area contributed by atoms with E-state index in [1.165, 1.54) is 64.7 Å². The van der Waals surface area contributed by atoms with Gasteiger partial charge in [-0.1, -0.05) is 26.7 Å².